The zero-order valence-corrected chi connectivity index (χ0v) is 11.6. The molecule has 7 heteroatoms. The summed E-state index contributed by atoms with van der Waals surface area (Å²) in [6.07, 6.45) is 4.90. The van der Waals surface area contributed by atoms with Gasteiger partial charge in [0.25, 0.3) is 5.91 Å². The summed E-state index contributed by atoms with van der Waals surface area (Å²) in [7, 11) is 1.81. The number of aryl methyl sites for hydroxylation is 1. The van der Waals surface area contributed by atoms with E-state index in [1.165, 1.54) is 0 Å². The van der Waals surface area contributed by atoms with Gasteiger partial charge in [0.15, 0.2) is 0 Å². The number of nitrogens with one attached hydrogen (secondary N) is 1. The lowest BCUT2D eigenvalue weighted by Crippen LogP contribution is -2.11. The van der Waals surface area contributed by atoms with Crippen LogP contribution in [0.4, 0.5) is 5.69 Å². The monoisotopic (exact) mass is 283 g/mol. The van der Waals surface area contributed by atoms with Crippen LogP contribution >= 0.6 is 0 Å². The number of carbonyl (C=O) groups excluding carboxylic acids is 1. The lowest BCUT2D eigenvalue weighted by Gasteiger charge is -2.00. The second-order valence-electron chi connectivity index (χ2n) is 4.53. The van der Waals surface area contributed by atoms with Crippen LogP contribution in [0.3, 0.4) is 0 Å². The highest BCUT2D eigenvalue weighted by molar-refractivity contribution is 6.02. The molecule has 0 aliphatic carbocycles. The van der Waals surface area contributed by atoms with Crippen molar-refractivity contribution in [3.8, 4) is 11.3 Å². The second kappa shape index (κ2) is 5.20. The molecule has 1 N–H and O–H groups in total. The molecule has 3 aromatic heterocycles. The summed E-state index contributed by atoms with van der Waals surface area (Å²) >= 11 is 0. The smallest absolute Gasteiger partial charge is 0.294 e. The summed E-state index contributed by atoms with van der Waals surface area (Å²) in [6, 6.07) is 5.19. The van der Waals surface area contributed by atoms with Crippen LogP contribution in [0, 0.1) is 6.92 Å². The van der Waals surface area contributed by atoms with Gasteiger partial charge in [0.05, 0.1) is 17.6 Å². The molecule has 0 unspecified atom stereocenters. The van der Waals surface area contributed by atoms with E-state index in [4.69, 9.17) is 4.52 Å². The molecule has 7 nitrogen and oxygen atoms in total. The molecule has 0 saturated heterocycles. The van der Waals surface area contributed by atoms with Gasteiger partial charge in [-0.05, 0) is 19.1 Å². The first-order valence-corrected chi connectivity index (χ1v) is 6.32. The molecule has 0 atom stereocenters. The van der Waals surface area contributed by atoms with Crippen molar-refractivity contribution in [1.29, 1.82) is 0 Å². The van der Waals surface area contributed by atoms with Gasteiger partial charge in [0.1, 0.15) is 5.69 Å². The standard InChI is InChI=1S/C14H13N5O2/c1-9-12(8-16-19(9)2)17-14(20)13-7-11(18-21-13)10-3-5-15-6-4-10/h3-8H,1-2H3,(H,17,20). The van der Waals surface area contributed by atoms with E-state index in [2.05, 4.69) is 20.6 Å². The molecule has 0 aliphatic rings. The zero-order chi connectivity index (χ0) is 14.8. The quantitative estimate of drug-likeness (QED) is 0.794. The van der Waals surface area contributed by atoms with E-state index in [0.717, 1.165) is 11.3 Å². The van der Waals surface area contributed by atoms with Crippen LogP contribution in [0.2, 0.25) is 0 Å². The normalized spacial score (nSPS) is 10.6. The van der Waals surface area contributed by atoms with Crippen LogP contribution in [0.25, 0.3) is 11.3 Å². The Balaban J connectivity index is 1.80. The molecule has 106 valence electrons. The Kier molecular flexibility index (Phi) is 3.23. The van der Waals surface area contributed by atoms with Crippen LogP contribution in [0.15, 0.2) is 41.3 Å². The highest BCUT2D eigenvalue weighted by Crippen LogP contribution is 2.19. The van der Waals surface area contributed by atoms with Crippen LogP contribution in [-0.2, 0) is 7.05 Å². The highest BCUT2D eigenvalue weighted by Gasteiger charge is 2.16. The highest BCUT2D eigenvalue weighted by atomic mass is 16.5. The number of hydrogen-bond acceptors (Lipinski definition) is 5. The Morgan fingerprint density at radius 3 is 2.76 bits per heavy atom. The summed E-state index contributed by atoms with van der Waals surface area (Å²) in [6.45, 7) is 1.87. The summed E-state index contributed by atoms with van der Waals surface area (Å²) in [5.41, 5.74) is 2.93. The molecule has 21 heavy (non-hydrogen) atoms. The number of pyridine rings is 1. The molecule has 0 bridgehead atoms. The number of aromatic nitrogens is 4. The van der Waals surface area contributed by atoms with Gasteiger partial charge >= 0.3 is 0 Å². The summed E-state index contributed by atoms with van der Waals surface area (Å²) in [5, 5.41) is 10.7. The Hall–Kier alpha value is -2.96. The number of hydrogen-bond donors (Lipinski definition) is 1. The number of anilines is 1. The van der Waals surface area contributed by atoms with Crippen molar-refractivity contribution in [2.45, 2.75) is 6.92 Å². The molecule has 3 aromatic rings. The van der Waals surface area contributed by atoms with Gasteiger partial charge in [-0.3, -0.25) is 14.5 Å². The first-order chi connectivity index (χ1) is 10.1. The van der Waals surface area contributed by atoms with Crippen molar-refractivity contribution in [3.05, 3.63) is 48.2 Å². The van der Waals surface area contributed by atoms with Gasteiger partial charge < -0.3 is 9.84 Å². The van der Waals surface area contributed by atoms with Crippen LogP contribution in [-0.4, -0.2) is 25.8 Å². The number of nitrogens with zero attached hydrogens (tertiary/aromatic N) is 4. The Morgan fingerprint density at radius 2 is 2.10 bits per heavy atom. The molecule has 0 spiro atoms. The second-order valence-corrected chi connectivity index (χ2v) is 4.53. The lowest BCUT2D eigenvalue weighted by atomic mass is 10.2. The molecule has 1 amide bonds. The van der Waals surface area contributed by atoms with Gasteiger partial charge in [-0.25, -0.2) is 0 Å². The summed E-state index contributed by atoms with van der Waals surface area (Å²) in [4.78, 5) is 16.1. The predicted octanol–water partition coefficient (Wildman–Crippen LogP) is 2.03. The van der Waals surface area contributed by atoms with E-state index in [0.29, 0.717) is 11.4 Å². The largest absolute Gasteiger partial charge is 0.350 e. The van der Waals surface area contributed by atoms with E-state index < -0.39 is 0 Å². The third-order valence-corrected chi connectivity index (χ3v) is 3.19. The van der Waals surface area contributed by atoms with E-state index >= 15 is 0 Å². The lowest BCUT2D eigenvalue weighted by molar-refractivity contribution is 0.0988. The summed E-state index contributed by atoms with van der Waals surface area (Å²) < 4.78 is 6.77. The fraction of sp³-hybridized carbons (Fsp3) is 0.143. The summed E-state index contributed by atoms with van der Waals surface area (Å²) in [5.74, 6) is -0.219. The maximum absolute atomic E-state index is 12.1. The van der Waals surface area contributed by atoms with Gasteiger partial charge in [0.2, 0.25) is 5.76 Å². The number of amides is 1. The van der Waals surface area contributed by atoms with Crippen molar-refractivity contribution < 1.29 is 9.32 Å². The molecule has 3 heterocycles. The van der Waals surface area contributed by atoms with Gasteiger partial charge in [0, 0.05) is 31.1 Å². The first-order valence-electron chi connectivity index (χ1n) is 6.32. The average Bonchev–Trinajstić information content (AvgIpc) is 3.11. The van der Waals surface area contributed by atoms with Crippen molar-refractivity contribution in [2.75, 3.05) is 5.32 Å². The predicted molar refractivity (Wildman–Crippen MR) is 75.6 cm³/mol. The van der Waals surface area contributed by atoms with E-state index in [9.17, 15) is 4.79 Å². The molecule has 0 aliphatic heterocycles. The fourth-order valence-electron chi connectivity index (χ4n) is 1.85. The molecule has 0 aromatic carbocycles. The van der Waals surface area contributed by atoms with E-state index in [1.54, 1.807) is 48.5 Å². The molecule has 0 saturated carbocycles. The minimum atomic E-state index is -0.362. The van der Waals surface area contributed by atoms with E-state index in [1.807, 2.05) is 6.92 Å². The Labute approximate surface area is 120 Å². The van der Waals surface area contributed by atoms with Crippen LogP contribution in [0.1, 0.15) is 16.2 Å². The van der Waals surface area contributed by atoms with Crippen LogP contribution < -0.4 is 5.32 Å². The van der Waals surface area contributed by atoms with Crippen molar-refractivity contribution in [3.63, 3.8) is 0 Å². The zero-order valence-electron chi connectivity index (χ0n) is 11.6. The fourth-order valence-corrected chi connectivity index (χ4v) is 1.85. The topological polar surface area (TPSA) is 85.8 Å². The number of carbonyl (C=O) groups is 1. The average molecular weight is 283 g/mol. The maximum atomic E-state index is 12.1. The molecule has 0 radical (unpaired) electrons. The first kappa shape index (κ1) is 13.0. The van der Waals surface area contributed by atoms with Crippen molar-refractivity contribution in [1.82, 2.24) is 19.9 Å². The molecular formula is C14H13N5O2. The third kappa shape index (κ3) is 2.53. The molecular weight excluding hydrogens is 270 g/mol. The number of rotatable bonds is 3. The maximum Gasteiger partial charge on any atom is 0.294 e. The van der Waals surface area contributed by atoms with Gasteiger partial charge in [-0.15, -0.1) is 0 Å². The minimum Gasteiger partial charge on any atom is -0.350 e. The SMILES string of the molecule is Cc1c(NC(=O)c2cc(-c3ccncc3)no2)cnn1C. The third-order valence-electron chi connectivity index (χ3n) is 3.19. The molecule has 0 fully saturated rings. The van der Waals surface area contributed by atoms with Crippen molar-refractivity contribution in [2.24, 2.45) is 7.05 Å². The Morgan fingerprint density at radius 1 is 1.33 bits per heavy atom. The van der Waals surface area contributed by atoms with Gasteiger partial charge in [-0.1, -0.05) is 5.16 Å². The molecule has 3 rings (SSSR count). The minimum absolute atomic E-state index is 0.144. The Bertz CT molecular complexity index is 776. The van der Waals surface area contributed by atoms with Crippen LogP contribution in [0.5, 0.6) is 0 Å². The van der Waals surface area contributed by atoms with Crippen molar-refractivity contribution >= 4 is 11.6 Å². The van der Waals surface area contributed by atoms with E-state index in [-0.39, 0.29) is 11.7 Å². The van der Waals surface area contributed by atoms with Gasteiger partial charge in [-0.2, -0.15) is 5.10 Å².